The molecule has 6 heteroatoms. The zero-order chi connectivity index (χ0) is 15.4. The van der Waals surface area contributed by atoms with Gasteiger partial charge in [0, 0.05) is 10.6 Å². The van der Waals surface area contributed by atoms with Crippen LogP contribution in [0.2, 0.25) is 5.02 Å². The number of nitrogens with zero attached hydrogens (tertiary/aromatic N) is 2. The molecule has 0 spiro atoms. The van der Waals surface area contributed by atoms with Gasteiger partial charge < -0.3 is 9.26 Å². The van der Waals surface area contributed by atoms with Crippen LogP contribution in [0.5, 0.6) is 0 Å². The van der Waals surface area contributed by atoms with E-state index in [-0.39, 0.29) is 24.4 Å². The zero-order valence-electron chi connectivity index (χ0n) is 11.9. The molecule has 1 aromatic heterocycles. The van der Waals surface area contributed by atoms with Crippen LogP contribution in [0.1, 0.15) is 25.2 Å². The highest BCUT2D eigenvalue weighted by Crippen LogP contribution is 2.21. The van der Waals surface area contributed by atoms with Crippen molar-refractivity contribution in [1.29, 1.82) is 0 Å². The van der Waals surface area contributed by atoms with Crippen LogP contribution >= 0.6 is 11.6 Å². The van der Waals surface area contributed by atoms with Gasteiger partial charge in [0.25, 0.3) is 5.89 Å². The summed E-state index contributed by atoms with van der Waals surface area (Å²) < 4.78 is 10.3. The van der Waals surface area contributed by atoms with Crippen LogP contribution in [0.15, 0.2) is 40.9 Å². The first-order valence-corrected chi connectivity index (χ1v) is 7.50. The molecule has 1 aliphatic rings. The SMILES string of the molecule is O=C(OCc1nc(-c2ccc(Cl)cc2)no1)[C@H]1CC=CCC1. The maximum Gasteiger partial charge on any atom is 0.309 e. The fourth-order valence-electron chi connectivity index (χ4n) is 2.29. The molecule has 1 atom stereocenters. The van der Waals surface area contributed by atoms with Gasteiger partial charge >= 0.3 is 5.97 Å². The molecule has 0 aliphatic heterocycles. The highest BCUT2D eigenvalue weighted by atomic mass is 35.5. The van der Waals surface area contributed by atoms with Crippen molar-refractivity contribution in [2.24, 2.45) is 5.92 Å². The predicted octanol–water partition coefficient (Wildman–Crippen LogP) is 3.79. The molecule has 114 valence electrons. The van der Waals surface area contributed by atoms with E-state index in [0.29, 0.717) is 10.8 Å². The second kappa shape index (κ2) is 6.75. The second-order valence-electron chi connectivity index (χ2n) is 5.11. The molecule has 0 bridgehead atoms. The summed E-state index contributed by atoms with van der Waals surface area (Å²) in [7, 11) is 0. The van der Waals surface area contributed by atoms with Gasteiger partial charge in [-0.25, -0.2) is 0 Å². The van der Waals surface area contributed by atoms with Crippen LogP contribution in [0, 0.1) is 5.92 Å². The maximum atomic E-state index is 11.9. The van der Waals surface area contributed by atoms with E-state index in [2.05, 4.69) is 16.2 Å². The number of hydrogen-bond donors (Lipinski definition) is 0. The first kappa shape index (κ1) is 14.8. The molecule has 3 rings (SSSR count). The molecule has 1 heterocycles. The first-order chi connectivity index (χ1) is 10.7. The quantitative estimate of drug-likeness (QED) is 0.634. The summed E-state index contributed by atoms with van der Waals surface area (Å²) in [6, 6.07) is 7.11. The lowest BCUT2D eigenvalue weighted by molar-refractivity contribution is -0.150. The van der Waals surface area contributed by atoms with E-state index < -0.39 is 0 Å². The predicted molar refractivity (Wildman–Crippen MR) is 81.0 cm³/mol. The zero-order valence-corrected chi connectivity index (χ0v) is 12.6. The van der Waals surface area contributed by atoms with Gasteiger partial charge in [-0.2, -0.15) is 4.98 Å². The topological polar surface area (TPSA) is 65.2 Å². The lowest BCUT2D eigenvalue weighted by Crippen LogP contribution is -2.18. The van der Waals surface area contributed by atoms with Crippen molar-refractivity contribution in [2.45, 2.75) is 25.9 Å². The summed E-state index contributed by atoms with van der Waals surface area (Å²) >= 11 is 5.84. The lowest BCUT2D eigenvalue weighted by atomic mass is 9.95. The van der Waals surface area contributed by atoms with Crippen LogP contribution in [0.4, 0.5) is 0 Å². The summed E-state index contributed by atoms with van der Waals surface area (Å²) in [5.74, 6) is 0.451. The number of halogens is 1. The molecule has 0 N–H and O–H groups in total. The van der Waals surface area contributed by atoms with Gasteiger partial charge in [-0.05, 0) is 43.5 Å². The summed E-state index contributed by atoms with van der Waals surface area (Å²) in [4.78, 5) is 16.1. The molecule has 1 aliphatic carbocycles. The summed E-state index contributed by atoms with van der Waals surface area (Å²) in [5.41, 5.74) is 0.795. The molecule has 0 unspecified atom stereocenters. The molecule has 2 aromatic rings. The van der Waals surface area contributed by atoms with Gasteiger partial charge in [0.1, 0.15) is 0 Å². The Morgan fingerprint density at radius 2 is 2.14 bits per heavy atom. The van der Waals surface area contributed by atoms with Crippen molar-refractivity contribution in [1.82, 2.24) is 10.1 Å². The van der Waals surface area contributed by atoms with Crippen molar-refractivity contribution in [3.05, 3.63) is 47.3 Å². The van der Waals surface area contributed by atoms with Gasteiger partial charge in [-0.1, -0.05) is 28.9 Å². The molecule has 0 radical (unpaired) electrons. The number of carbonyl (C=O) groups is 1. The summed E-state index contributed by atoms with van der Waals surface area (Å²) in [6.45, 7) is -0.000360. The van der Waals surface area contributed by atoms with E-state index in [1.807, 2.05) is 6.08 Å². The van der Waals surface area contributed by atoms with Crippen LogP contribution in [0.3, 0.4) is 0 Å². The highest BCUT2D eigenvalue weighted by molar-refractivity contribution is 6.30. The third kappa shape index (κ3) is 3.54. The van der Waals surface area contributed by atoms with E-state index in [0.717, 1.165) is 24.8 Å². The van der Waals surface area contributed by atoms with E-state index >= 15 is 0 Å². The van der Waals surface area contributed by atoms with E-state index in [1.54, 1.807) is 24.3 Å². The second-order valence-corrected chi connectivity index (χ2v) is 5.54. The van der Waals surface area contributed by atoms with Crippen LogP contribution in [-0.4, -0.2) is 16.1 Å². The number of benzene rings is 1. The first-order valence-electron chi connectivity index (χ1n) is 7.12. The Hall–Kier alpha value is -2.14. The molecule has 0 saturated carbocycles. The number of aromatic nitrogens is 2. The molecular formula is C16H15ClN2O3. The standard InChI is InChI=1S/C16H15ClN2O3/c17-13-8-6-11(7-9-13)15-18-14(22-19-15)10-21-16(20)12-4-2-1-3-5-12/h1-2,6-9,12H,3-5,10H2/t12-/m0/s1. The minimum atomic E-state index is -0.212. The Kier molecular flexibility index (Phi) is 4.53. The van der Waals surface area contributed by atoms with Crippen molar-refractivity contribution < 1.29 is 14.1 Å². The highest BCUT2D eigenvalue weighted by Gasteiger charge is 2.21. The Labute approximate surface area is 132 Å². The Morgan fingerprint density at radius 1 is 1.32 bits per heavy atom. The van der Waals surface area contributed by atoms with Gasteiger partial charge in [0.15, 0.2) is 6.61 Å². The third-order valence-corrected chi connectivity index (χ3v) is 3.76. The molecule has 0 amide bonds. The smallest absolute Gasteiger partial charge is 0.309 e. The van der Waals surface area contributed by atoms with Gasteiger partial charge in [-0.3, -0.25) is 4.79 Å². The number of ether oxygens (including phenoxy) is 1. The number of esters is 1. The number of rotatable bonds is 4. The summed E-state index contributed by atoms with van der Waals surface area (Å²) in [6.07, 6.45) is 6.58. The molecule has 22 heavy (non-hydrogen) atoms. The number of allylic oxidation sites excluding steroid dienone is 2. The molecule has 0 fully saturated rings. The summed E-state index contributed by atoms with van der Waals surface area (Å²) in [5, 5.41) is 4.52. The Balaban J connectivity index is 1.58. The normalized spacial score (nSPS) is 17.4. The van der Waals surface area contributed by atoms with Crippen molar-refractivity contribution >= 4 is 17.6 Å². The molecule has 5 nitrogen and oxygen atoms in total. The van der Waals surface area contributed by atoms with E-state index in [1.165, 1.54) is 0 Å². The van der Waals surface area contributed by atoms with E-state index in [4.69, 9.17) is 20.9 Å². The number of carbonyl (C=O) groups excluding carboxylic acids is 1. The fourth-order valence-corrected chi connectivity index (χ4v) is 2.41. The minimum Gasteiger partial charge on any atom is -0.455 e. The molecule has 0 saturated heterocycles. The monoisotopic (exact) mass is 318 g/mol. The minimum absolute atomic E-state index is 0.000360. The van der Waals surface area contributed by atoms with E-state index in [9.17, 15) is 4.79 Å². The van der Waals surface area contributed by atoms with Crippen LogP contribution in [0.25, 0.3) is 11.4 Å². The van der Waals surface area contributed by atoms with Gasteiger partial charge in [-0.15, -0.1) is 0 Å². The Morgan fingerprint density at radius 3 is 2.86 bits per heavy atom. The van der Waals surface area contributed by atoms with Crippen molar-refractivity contribution in [2.75, 3.05) is 0 Å². The van der Waals surface area contributed by atoms with Crippen molar-refractivity contribution in [3.8, 4) is 11.4 Å². The average Bonchev–Trinajstić information content (AvgIpc) is 3.03. The van der Waals surface area contributed by atoms with Crippen LogP contribution in [-0.2, 0) is 16.1 Å². The van der Waals surface area contributed by atoms with Gasteiger partial charge in [0.05, 0.1) is 5.92 Å². The number of hydrogen-bond acceptors (Lipinski definition) is 5. The van der Waals surface area contributed by atoms with Crippen LogP contribution < -0.4 is 0 Å². The average molecular weight is 319 g/mol. The maximum absolute atomic E-state index is 11.9. The largest absolute Gasteiger partial charge is 0.455 e. The third-order valence-electron chi connectivity index (χ3n) is 3.51. The van der Waals surface area contributed by atoms with Crippen molar-refractivity contribution in [3.63, 3.8) is 0 Å². The van der Waals surface area contributed by atoms with Gasteiger partial charge in [0.2, 0.25) is 5.82 Å². The Bertz CT molecular complexity index is 679. The fraction of sp³-hybridized carbons (Fsp3) is 0.312. The molecule has 1 aromatic carbocycles. The molecular weight excluding hydrogens is 304 g/mol. The lowest BCUT2D eigenvalue weighted by Gasteiger charge is -2.15.